The maximum atomic E-state index is 12.6. The summed E-state index contributed by atoms with van der Waals surface area (Å²) < 4.78 is 1.01. The van der Waals surface area contributed by atoms with Crippen molar-refractivity contribution in [3.63, 3.8) is 0 Å². The Bertz CT molecular complexity index is 536. The van der Waals surface area contributed by atoms with Crippen molar-refractivity contribution in [3.05, 3.63) is 20.8 Å². The molecule has 6 heteroatoms. The second-order valence-corrected chi connectivity index (χ2v) is 8.09. The van der Waals surface area contributed by atoms with Crippen LogP contribution in [0, 0.1) is 5.41 Å². The SMILES string of the molecule is CC1C(=O)NC(C(C)(C)C)C(=O)N1Cc1cc(Br)cs1. The van der Waals surface area contributed by atoms with Crippen molar-refractivity contribution in [1.82, 2.24) is 10.2 Å². The molecule has 0 aromatic carbocycles. The van der Waals surface area contributed by atoms with Crippen molar-refractivity contribution in [2.75, 3.05) is 0 Å². The average molecular weight is 359 g/mol. The van der Waals surface area contributed by atoms with Crippen LogP contribution in [0.4, 0.5) is 0 Å². The zero-order valence-electron chi connectivity index (χ0n) is 12.1. The van der Waals surface area contributed by atoms with Gasteiger partial charge in [0.15, 0.2) is 0 Å². The second-order valence-electron chi connectivity index (χ2n) is 6.18. The molecule has 2 heterocycles. The van der Waals surface area contributed by atoms with E-state index < -0.39 is 12.1 Å². The Morgan fingerprint density at radius 3 is 2.55 bits per heavy atom. The van der Waals surface area contributed by atoms with Gasteiger partial charge in [0.2, 0.25) is 11.8 Å². The Labute approximate surface area is 131 Å². The summed E-state index contributed by atoms with van der Waals surface area (Å²) in [4.78, 5) is 27.5. The fourth-order valence-corrected chi connectivity index (χ4v) is 3.68. The molecule has 1 fully saturated rings. The topological polar surface area (TPSA) is 49.4 Å². The maximum Gasteiger partial charge on any atom is 0.246 e. The van der Waals surface area contributed by atoms with E-state index in [1.54, 1.807) is 23.2 Å². The first kappa shape index (κ1) is 15.5. The van der Waals surface area contributed by atoms with Crippen LogP contribution in [-0.2, 0) is 16.1 Å². The van der Waals surface area contributed by atoms with Gasteiger partial charge < -0.3 is 10.2 Å². The molecule has 0 aliphatic carbocycles. The molecule has 20 heavy (non-hydrogen) atoms. The number of amides is 2. The Kier molecular flexibility index (Phi) is 4.25. The number of carbonyl (C=O) groups excluding carboxylic acids is 2. The maximum absolute atomic E-state index is 12.6. The fourth-order valence-electron chi connectivity index (χ4n) is 2.23. The van der Waals surface area contributed by atoms with Gasteiger partial charge in [-0.15, -0.1) is 11.3 Å². The van der Waals surface area contributed by atoms with Crippen LogP contribution >= 0.6 is 27.3 Å². The monoisotopic (exact) mass is 358 g/mol. The molecule has 2 unspecified atom stereocenters. The lowest BCUT2D eigenvalue weighted by atomic mass is 9.84. The lowest BCUT2D eigenvalue weighted by Gasteiger charge is -2.42. The molecule has 2 rings (SSSR count). The highest BCUT2D eigenvalue weighted by Crippen LogP contribution is 2.28. The van der Waals surface area contributed by atoms with Crippen LogP contribution in [0.1, 0.15) is 32.6 Å². The average Bonchev–Trinajstić information content (AvgIpc) is 2.73. The molecule has 2 amide bonds. The van der Waals surface area contributed by atoms with Crippen LogP contribution in [-0.4, -0.2) is 28.8 Å². The molecule has 1 aliphatic rings. The largest absolute Gasteiger partial charge is 0.342 e. The summed E-state index contributed by atoms with van der Waals surface area (Å²) in [7, 11) is 0. The highest BCUT2D eigenvalue weighted by molar-refractivity contribution is 9.10. The summed E-state index contributed by atoms with van der Waals surface area (Å²) >= 11 is 5.00. The van der Waals surface area contributed by atoms with Gasteiger partial charge in [-0.3, -0.25) is 9.59 Å². The third-order valence-corrected chi connectivity index (χ3v) is 5.16. The second kappa shape index (κ2) is 5.48. The Morgan fingerprint density at radius 2 is 2.05 bits per heavy atom. The van der Waals surface area contributed by atoms with E-state index in [2.05, 4.69) is 21.2 Å². The smallest absolute Gasteiger partial charge is 0.246 e. The summed E-state index contributed by atoms with van der Waals surface area (Å²) in [5.74, 6) is -0.0886. The molecule has 0 bridgehead atoms. The molecule has 1 saturated heterocycles. The zero-order chi connectivity index (χ0) is 15.1. The minimum absolute atomic E-state index is 0.00544. The molecule has 2 atom stereocenters. The minimum atomic E-state index is -0.463. The van der Waals surface area contributed by atoms with E-state index in [-0.39, 0.29) is 17.2 Å². The van der Waals surface area contributed by atoms with Gasteiger partial charge in [-0.25, -0.2) is 0 Å². The Hall–Kier alpha value is -0.880. The predicted molar refractivity (Wildman–Crippen MR) is 83.4 cm³/mol. The van der Waals surface area contributed by atoms with E-state index in [0.29, 0.717) is 6.54 Å². The third-order valence-electron chi connectivity index (χ3n) is 3.48. The summed E-state index contributed by atoms with van der Waals surface area (Å²) in [5.41, 5.74) is -0.291. The summed E-state index contributed by atoms with van der Waals surface area (Å²) in [6, 6.07) is 1.10. The molecule has 110 valence electrons. The highest BCUT2D eigenvalue weighted by atomic mass is 79.9. The molecule has 1 aromatic heterocycles. The van der Waals surface area contributed by atoms with Crippen LogP contribution in [0.25, 0.3) is 0 Å². The normalized spacial score (nSPS) is 23.9. The number of hydrogen-bond acceptors (Lipinski definition) is 3. The van der Waals surface area contributed by atoms with E-state index in [0.717, 1.165) is 9.35 Å². The molecule has 0 radical (unpaired) electrons. The van der Waals surface area contributed by atoms with Crippen molar-refractivity contribution in [1.29, 1.82) is 0 Å². The van der Waals surface area contributed by atoms with Crippen LogP contribution in [0.2, 0.25) is 0 Å². The third kappa shape index (κ3) is 3.06. The lowest BCUT2D eigenvalue weighted by Crippen LogP contribution is -2.65. The lowest BCUT2D eigenvalue weighted by molar-refractivity contribution is -0.152. The summed E-state index contributed by atoms with van der Waals surface area (Å²) in [6.45, 7) is 8.15. The number of hydrogen-bond donors (Lipinski definition) is 1. The number of halogens is 1. The van der Waals surface area contributed by atoms with Gasteiger partial charge in [0.25, 0.3) is 0 Å². The number of nitrogens with one attached hydrogen (secondary N) is 1. The zero-order valence-corrected chi connectivity index (χ0v) is 14.5. The van der Waals surface area contributed by atoms with Gasteiger partial charge in [0.1, 0.15) is 12.1 Å². The van der Waals surface area contributed by atoms with Crippen molar-refractivity contribution < 1.29 is 9.59 Å². The van der Waals surface area contributed by atoms with Crippen molar-refractivity contribution in [2.24, 2.45) is 5.41 Å². The first-order valence-corrected chi connectivity index (χ1v) is 8.21. The number of piperazine rings is 1. The van der Waals surface area contributed by atoms with Crippen molar-refractivity contribution in [3.8, 4) is 0 Å². The van der Waals surface area contributed by atoms with Gasteiger partial charge >= 0.3 is 0 Å². The molecular formula is C14H19BrN2O2S. The van der Waals surface area contributed by atoms with E-state index in [4.69, 9.17) is 0 Å². The summed E-state index contributed by atoms with van der Waals surface area (Å²) in [6.07, 6.45) is 0. The van der Waals surface area contributed by atoms with Crippen LogP contribution in [0.5, 0.6) is 0 Å². The first-order valence-electron chi connectivity index (χ1n) is 6.54. The van der Waals surface area contributed by atoms with Gasteiger partial charge in [-0.2, -0.15) is 0 Å². The van der Waals surface area contributed by atoms with Crippen LogP contribution in [0.3, 0.4) is 0 Å². The molecule has 0 saturated carbocycles. The van der Waals surface area contributed by atoms with Crippen molar-refractivity contribution in [2.45, 2.75) is 46.3 Å². The summed E-state index contributed by atoms with van der Waals surface area (Å²) in [5, 5.41) is 4.82. The van der Waals surface area contributed by atoms with E-state index in [1.807, 2.05) is 32.2 Å². The number of nitrogens with zero attached hydrogens (tertiary/aromatic N) is 1. The van der Waals surface area contributed by atoms with E-state index in [9.17, 15) is 9.59 Å². The van der Waals surface area contributed by atoms with Gasteiger partial charge in [-0.05, 0) is 34.3 Å². The van der Waals surface area contributed by atoms with E-state index >= 15 is 0 Å². The predicted octanol–water partition coefficient (Wildman–Crippen LogP) is 2.77. The molecule has 0 spiro atoms. The molecule has 1 N–H and O–H groups in total. The first-order chi connectivity index (χ1) is 9.20. The standard InChI is InChI=1S/C14H19BrN2O2S/c1-8-12(18)16-11(14(2,3)4)13(19)17(8)6-10-5-9(15)7-20-10/h5,7-8,11H,6H2,1-4H3,(H,16,18). The fraction of sp³-hybridized carbons (Fsp3) is 0.571. The van der Waals surface area contributed by atoms with E-state index in [1.165, 1.54) is 0 Å². The molecule has 4 nitrogen and oxygen atoms in total. The number of rotatable bonds is 2. The highest BCUT2D eigenvalue weighted by Gasteiger charge is 2.43. The molecule has 1 aromatic rings. The Morgan fingerprint density at radius 1 is 1.40 bits per heavy atom. The number of thiophene rings is 1. The minimum Gasteiger partial charge on any atom is -0.342 e. The Balaban J connectivity index is 2.24. The molecular weight excluding hydrogens is 340 g/mol. The quantitative estimate of drug-likeness (QED) is 0.883. The van der Waals surface area contributed by atoms with Gasteiger partial charge in [0, 0.05) is 14.7 Å². The number of carbonyl (C=O) groups is 2. The van der Waals surface area contributed by atoms with Crippen LogP contribution in [0.15, 0.2) is 15.9 Å². The van der Waals surface area contributed by atoms with Gasteiger partial charge in [0.05, 0.1) is 6.54 Å². The van der Waals surface area contributed by atoms with Crippen LogP contribution < -0.4 is 5.32 Å². The molecule has 1 aliphatic heterocycles. The van der Waals surface area contributed by atoms with Crippen molar-refractivity contribution >= 4 is 39.1 Å². The van der Waals surface area contributed by atoms with Gasteiger partial charge in [-0.1, -0.05) is 20.8 Å².